The Morgan fingerprint density at radius 3 is 1.75 bits per heavy atom. The first-order chi connectivity index (χ1) is 1.41. The topological polar surface area (TPSA) is 23.8 Å². The molecule has 0 aromatic heterocycles. The summed E-state index contributed by atoms with van der Waals surface area (Å²) in [4.78, 5) is 0. The van der Waals surface area contributed by atoms with Crippen LogP contribution < -0.4 is 0 Å². The largest absolute Gasteiger partial charge is 2.00 e. The van der Waals surface area contributed by atoms with E-state index in [1.165, 1.54) is 6.92 Å². The third kappa shape index (κ3) is 22800. The van der Waals surface area contributed by atoms with Gasteiger partial charge in [-0.15, -0.1) is 0 Å². The maximum absolute atomic E-state index is 7.32. The van der Waals surface area contributed by atoms with Gasteiger partial charge in [0, 0.05) is 6.92 Å². The van der Waals surface area contributed by atoms with Crippen molar-refractivity contribution in [2.24, 2.45) is 0 Å². The molecule has 0 N–H and O–H groups in total. The fourth-order valence-corrected chi connectivity index (χ4v) is 0. The van der Waals surface area contributed by atoms with Crippen LogP contribution in [0.25, 0.3) is 0 Å². The van der Waals surface area contributed by atoms with E-state index in [4.69, 9.17) is 5.26 Å². The van der Waals surface area contributed by atoms with Crippen molar-refractivity contribution >= 4 is 0 Å². The molecule has 0 rings (SSSR count). The molecule has 0 aliphatic heterocycles. The van der Waals surface area contributed by atoms with Crippen LogP contribution in [0.1, 0.15) is 6.92 Å². The molecule has 0 fully saturated rings. The fourth-order valence-electron chi connectivity index (χ4n) is 0. The smallest absolute Gasteiger partial charge is 0.199 e. The van der Waals surface area contributed by atoms with Gasteiger partial charge in [0.05, 0.1) is 6.07 Å². The third-order valence-electron chi connectivity index (χ3n) is 0. The Kier molecular flexibility index (Phi) is 26.8. The van der Waals surface area contributed by atoms with Crippen molar-refractivity contribution in [2.45, 2.75) is 6.92 Å². The van der Waals surface area contributed by atoms with Gasteiger partial charge in [0.15, 0.2) is 0 Å². The summed E-state index contributed by atoms with van der Waals surface area (Å²) in [5.74, 6) is 0. The van der Waals surface area contributed by atoms with E-state index >= 15 is 0 Å². The van der Waals surface area contributed by atoms with E-state index in [-0.39, 0.29) is 17.1 Å². The first kappa shape index (κ1) is 8.99. The van der Waals surface area contributed by atoms with Crippen molar-refractivity contribution in [3.8, 4) is 6.07 Å². The molecule has 0 aliphatic rings. The minimum Gasteiger partial charge on any atom is -0.199 e. The first-order valence-electron chi connectivity index (χ1n) is 0.724. The molecule has 0 bridgehead atoms. The molecule has 0 saturated heterocycles. The zero-order valence-corrected chi connectivity index (χ0v) is 3.19. The van der Waals surface area contributed by atoms with Crippen molar-refractivity contribution < 1.29 is 17.1 Å². The zero-order chi connectivity index (χ0) is 2.71. The zero-order valence-electron chi connectivity index (χ0n) is 2.25. The van der Waals surface area contributed by atoms with Gasteiger partial charge < -0.3 is 0 Å². The molecule has 0 atom stereocenters. The van der Waals surface area contributed by atoms with Gasteiger partial charge in [0.1, 0.15) is 0 Å². The second-order valence-electron chi connectivity index (χ2n) is 0.224. The van der Waals surface area contributed by atoms with Gasteiger partial charge in [-0.1, -0.05) is 0 Å². The molecule has 2 heteroatoms. The van der Waals surface area contributed by atoms with Crippen molar-refractivity contribution in [1.29, 1.82) is 5.26 Å². The maximum Gasteiger partial charge on any atom is 2.00 e. The SMILES string of the molecule is CC#N.[Cu+2]. The summed E-state index contributed by atoms with van der Waals surface area (Å²) in [7, 11) is 0. The van der Waals surface area contributed by atoms with E-state index < -0.39 is 0 Å². The van der Waals surface area contributed by atoms with Crippen molar-refractivity contribution in [2.75, 3.05) is 0 Å². The number of hydrogen-bond acceptors (Lipinski definition) is 1. The fraction of sp³-hybridized carbons (Fsp3) is 0.500. The van der Waals surface area contributed by atoms with Crippen molar-refractivity contribution in [3.63, 3.8) is 0 Å². The molecule has 0 heterocycles. The minimum absolute atomic E-state index is 0. The molecule has 0 amide bonds. The molecule has 1 radical (unpaired) electrons. The number of rotatable bonds is 0. The quantitative estimate of drug-likeness (QED) is 0.412. The van der Waals surface area contributed by atoms with Gasteiger partial charge >= 0.3 is 17.1 Å². The third-order valence-corrected chi connectivity index (χ3v) is 0. The van der Waals surface area contributed by atoms with E-state index in [1.54, 1.807) is 6.07 Å². The number of hydrogen-bond donors (Lipinski definition) is 0. The Labute approximate surface area is 36.1 Å². The van der Waals surface area contributed by atoms with Crippen LogP contribution in [0.15, 0.2) is 0 Å². The van der Waals surface area contributed by atoms with Gasteiger partial charge in [0.25, 0.3) is 0 Å². The summed E-state index contributed by atoms with van der Waals surface area (Å²) >= 11 is 0. The standard InChI is InChI=1S/C2H3N.Cu/c1-2-3;/h1H3;/q;+2. The van der Waals surface area contributed by atoms with Crippen molar-refractivity contribution in [1.82, 2.24) is 0 Å². The van der Waals surface area contributed by atoms with Gasteiger partial charge in [-0.25, -0.2) is 0 Å². The molecule has 0 aliphatic carbocycles. The molecule has 0 aromatic rings. The molecule has 0 saturated carbocycles. The summed E-state index contributed by atoms with van der Waals surface area (Å²) in [5, 5.41) is 7.32. The molecular formula is C2H3CuN+2. The Morgan fingerprint density at radius 1 is 1.75 bits per heavy atom. The maximum atomic E-state index is 7.32. The average Bonchev–Trinajstić information content (AvgIpc) is 0.918. The van der Waals surface area contributed by atoms with E-state index in [1.807, 2.05) is 0 Å². The molecule has 25 valence electrons. The van der Waals surface area contributed by atoms with Crippen LogP contribution in [0.5, 0.6) is 0 Å². The van der Waals surface area contributed by atoms with E-state index in [9.17, 15) is 0 Å². The Balaban J connectivity index is 0. The van der Waals surface area contributed by atoms with Gasteiger partial charge in [0.2, 0.25) is 0 Å². The second-order valence-corrected chi connectivity index (χ2v) is 0.224. The summed E-state index contributed by atoms with van der Waals surface area (Å²) in [6.07, 6.45) is 0. The van der Waals surface area contributed by atoms with E-state index in [0.717, 1.165) is 0 Å². The monoisotopic (exact) mass is 104 g/mol. The van der Waals surface area contributed by atoms with Crippen molar-refractivity contribution in [3.05, 3.63) is 0 Å². The van der Waals surface area contributed by atoms with Crippen LogP contribution in [0.4, 0.5) is 0 Å². The van der Waals surface area contributed by atoms with Crippen LogP contribution in [0, 0.1) is 11.3 Å². The van der Waals surface area contributed by atoms with Gasteiger partial charge in [-0.2, -0.15) is 5.26 Å². The Morgan fingerprint density at radius 2 is 1.75 bits per heavy atom. The Hall–Kier alpha value is 0.00948. The summed E-state index contributed by atoms with van der Waals surface area (Å²) in [6.45, 7) is 1.43. The molecule has 0 spiro atoms. The average molecular weight is 105 g/mol. The summed E-state index contributed by atoms with van der Waals surface area (Å²) < 4.78 is 0. The van der Waals surface area contributed by atoms with Crippen LogP contribution in [0.2, 0.25) is 0 Å². The molecule has 4 heavy (non-hydrogen) atoms. The number of nitrogens with zero attached hydrogens (tertiary/aromatic N) is 1. The molecule has 1 nitrogen and oxygen atoms in total. The van der Waals surface area contributed by atoms with Crippen LogP contribution in [-0.4, -0.2) is 0 Å². The van der Waals surface area contributed by atoms with E-state index in [0.29, 0.717) is 0 Å². The normalized spacial score (nSPS) is 2.00. The summed E-state index contributed by atoms with van der Waals surface area (Å²) in [6, 6.07) is 1.75. The molecular weight excluding hydrogens is 102 g/mol. The minimum atomic E-state index is 0. The molecule has 0 aromatic carbocycles. The van der Waals surface area contributed by atoms with Crippen LogP contribution >= 0.6 is 0 Å². The Bertz CT molecular complexity index is 27.5. The summed E-state index contributed by atoms with van der Waals surface area (Å²) in [5.41, 5.74) is 0. The van der Waals surface area contributed by atoms with Crippen LogP contribution in [-0.2, 0) is 17.1 Å². The molecule has 0 unspecified atom stereocenters. The number of nitriles is 1. The predicted molar refractivity (Wildman–Crippen MR) is 11.3 cm³/mol. The predicted octanol–water partition coefficient (Wildman–Crippen LogP) is 0.527. The van der Waals surface area contributed by atoms with Crippen LogP contribution in [0.3, 0.4) is 0 Å². The van der Waals surface area contributed by atoms with Gasteiger partial charge in [-0.05, 0) is 0 Å². The first-order valence-corrected chi connectivity index (χ1v) is 0.724. The second kappa shape index (κ2) is 11.9. The van der Waals surface area contributed by atoms with E-state index in [2.05, 4.69) is 0 Å². The van der Waals surface area contributed by atoms with Gasteiger partial charge in [-0.3, -0.25) is 0 Å².